The average Bonchev–Trinajstić information content (AvgIpc) is 2.71. The van der Waals surface area contributed by atoms with Gasteiger partial charge in [0.1, 0.15) is 0 Å². The highest BCUT2D eigenvalue weighted by Gasteiger charge is 2.12. The highest BCUT2D eigenvalue weighted by atomic mass is 32.1. The number of amides is 1. The van der Waals surface area contributed by atoms with Gasteiger partial charge in [-0.05, 0) is 25.5 Å². The summed E-state index contributed by atoms with van der Waals surface area (Å²) >= 11 is 1.57. The van der Waals surface area contributed by atoms with Crippen molar-refractivity contribution in [2.24, 2.45) is 0 Å². The molecule has 0 aliphatic carbocycles. The molecule has 100 valence electrons. The van der Waals surface area contributed by atoms with Crippen LogP contribution in [0.25, 0.3) is 0 Å². The Kier molecular flexibility index (Phi) is 4.74. The summed E-state index contributed by atoms with van der Waals surface area (Å²) in [5.41, 5.74) is 1.20. The quantitative estimate of drug-likeness (QED) is 0.855. The first-order valence-corrected chi connectivity index (χ1v) is 7.27. The fraction of sp³-hybridized carbons (Fsp3) is 0.615. The summed E-state index contributed by atoms with van der Waals surface area (Å²) in [6.45, 7) is 10.0. The predicted octanol–water partition coefficient (Wildman–Crippen LogP) is 1.000. The Balaban J connectivity index is 1.74. The van der Waals surface area contributed by atoms with Crippen molar-refractivity contribution in [3.8, 4) is 0 Å². The molecule has 1 aliphatic rings. The highest BCUT2D eigenvalue weighted by molar-refractivity contribution is 7.14. The molecule has 1 aromatic heterocycles. The molecule has 2 rings (SSSR count). The second-order valence-corrected chi connectivity index (χ2v) is 5.95. The molecule has 0 spiro atoms. The van der Waals surface area contributed by atoms with E-state index in [0.29, 0.717) is 0 Å². The van der Waals surface area contributed by atoms with Gasteiger partial charge in [-0.3, -0.25) is 9.69 Å². The Morgan fingerprint density at radius 1 is 1.44 bits per heavy atom. The van der Waals surface area contributed by atoms with Crippen molar-refractivity contribution >= 4 is 17.2 Å². The molecule has 2 heterocycles. The van der Waals surface area contributed by atoms with Gasteiger partial charge in [-0.2, -0.15) is 0 Å². The third-order valence-corrected chi connectivity index (χ3v) is 4.46. The van der Waals surface area contributed by atoms with E-state index < -0.39 is 0 Å². The lowest BCUT2D eigenvalue weighted by Gasteiger charge is -2.26. The number of hydrogen-bond acceptors (Lipinski definition) is 4. The molecule has 0 bridgehead atoms. The number of carbonyl (C=O) groups is 1. The second-order valence-electron chi connectivity index (χ2n) is 4.70. The maximum Gasteiger partial charge on any atom is 0.261 e. The van der Waals surface area contributed by atoms with Crippen LogP contribution in [0.4, 0.5) is 0 Å². The summed E-state index contributed by atoms with van der Waals surface area (Å²) in [6, 6.07) is 1.97. The highest BCUT2D eigenvalue weighted by Crippen LogP contribution is 2.20. The third-order valence-electron chi connectivity index (χ3n) is 3.31. The van der Waals surface area contributed by atoms with Gasteiger partial charge in [-0.15, -0.1) is 11.3 Å². The van der Waals surface area contributed by atoms with Crippen LogP contribution in [-0.4, -0.2) is 50.1 Å². The molecule has 4 nitrogen and oxygen atoms in total. The van der Waals surface area contributed by atoms with E-state index in [4.69, 9.17) is 0 Å². The number of carbonyl (C=O) groups excluding carboxylic acids is 1. The van der Waals surface area contributed by atoms with E-state index in [2.05, 4.69) is 22.5 Å². The van der Waals surface area contributed by atoms with Gasteiger partial charge < -0.3 is 10.6 Å². The van der Waals surface area contributed by atoms with E-state index in [1.807, 2.05) is 13.0 Å². The summed E-state index contributed by atoms with van der Waals surface area (Å²) in [6.07, 6.45) is 0. The van der Waals surface area contributed by atoms with Gasteiger partial charge in [0.25, 0.3) is 5.91 Å². The number of nitrogens with zero attached hydrogens (tertiary/aromatic N) is 1. The number of nitrogens with one attached hydrogen (secondary N) is 2. The Bertz CT molecular complexity index is 391. The Morgan fingerprint density at radius 2 is 2.17 bits per heavy atom. The standard InChI is InChI=1S/C13H21N3OS/c1-10-9-12(18-11(10)2)13(17)15-5-8-16-6-3-14-4-7-16/h9,14H,3-8H2,1-2H3,(H,15,17). The first kappa shape index (κ1) is 13.5. The average molecular weight is 267 g/mol. The van der Waals surface area contributed by atoms with Crippen LogP contribution in [-0.2, 0) is 0 Å². The molecule has 18 heavy (non-hydrogen) atoms. The summed E-state index contributed by atoms with van der Waals surface area (Å²) in [5, 5.41) is 6.32. The molecule has 0 aromatic carbocycles. The molecule has 5 heteroatoms. The van der Waals surface area contributed by atoms with Gasteiger partial charge in [0, 0.05) is 44.1 Å². The van der Waals surface area contributed by atoms with Crippen LogP contribution in [0.1, 0.15) is 20.1 Å². The summed E-state index contributed by atoms with van der Waals surface area (Å²) in [5.74, 6) is 0.0614. The number of hydrogen-bond donors (Lipinski definition) is 2. The van der Waals surface area contributed by atoms with Gasteiger partial charge in [-0.1, -0.05) is 0 Å². The molecular weight excluding hydrogens is 246 g/mol. The van der Waals surface area contributed by atoms with Crippen LogP contribution in [0, 0.1) is 13.8 Å². The maximum absolute atomic E-state index is 11.9. The van der Waals surface area contributed by atoms with Crippen molar-refractivity contribution in [1.29, 1.82) is 0 Å². The number of rotatable bonds is 4. The first-order valence-electron chi connectivity index (χ1n) is 6.45. The van der Waals surface area contributed by atoms with Crippen molar-refractivity contribution in [2.45, 2.75) is 13.8 Å². The van der Waals surface area contributed by atoms with Crippen LogP contribution in [0.5, 0.6) is 0 Å². The molecule has 0 radical (unpaired) electrons. The van der Waals surface area contributed by atoms with Gasteiger partial charge in [0.05, 0.1) is 4.88 Å². The molecule has 1 aliphatic heterocycles. The third kappa shape index (κ3) is 3.54. The van der Waals surface area contributed by atoms with Crippen molar-refractivity contribution in [2.75, 3.05) is 39.3 Å². The van der Waals surface area contributed by atoms with Crippen molar-refractivity contribution in [1.82, 2.24) is 15.5 Å². The van der Waals surface area contributed by atoms with Crippen LogP contribution in [0.2, 0.25) is 0 Å². The van der Waals surface area contributed by atoms with Crippen molar-refractivity contribution in [3.63, 3.8) is 0 Å². The minimum absolute atomic E-state index is 0.0614. The fourth-order valence-electron chi connectivity index (χ4n) is 2.03. The van der Waals surface area contributed by atoms with E-state index in [1.165, 1.54) is 10.4 Å². The Labute approximate surface area is 112 Å². The summed E-state index contributed by atoms with van der Waals surface area (Å²) < 4.78 is 0. The molecule has 1 amide bonds. The molecule has 1 aromatic rings. The van der Waals surface area contributed by atoms with Crippen molar-refractivity contribution < 1.29 is 4.79 Å². The zero-order valence-electron chi connectivity index (χ0n) is 11.1. The van der Waals surface area contributed by atoms with E-state index in [1.54, 1.807) is 11.3 Å². The van der Waals surface area contributed by atoms with E-state index in [-0.39, 0.29) is 5.91 Å². The van der Waals surface area contributed by atoms with E-state index >= 15 is 0 Å². The lowest BCUT2D eigenvalue weighted by atomic mass is 10.3. The van der Waals surface area contributed by atoms with Gasteiger partial charge in [0.15, 0.2) is 0 Å². The fourth-order valence-corrected chi connectivity index (χ4v) is 2.98. The van der Waals surface area contributed by atoms with Gasteiger partial charge in [-0.25, -0.2) is 0 Å². The largest absolute Gasteiger partial charge is 0.350 e. The molecule has 1 saturated heterocycles. The van der Waals surface area contributed by atoms with Crippen LogP contribution >= 0.6 is 11.3 Å². The number of piperazine rings is 1. The maximum atomic E-state index is 11.9. The van der Waals surface area contributed by atoms with Gasteiger partial charge in [0.2, 0.25) is 0 Å². The second kappa shape index (κ2) is 6.31. The Hall–Kier alpha value is -0.910. The predicted molar refractivity (Wildman–Crippen MR) is 75.4 cm³/mol. The van der Waals surface area contributed by atoms with Crippen molar-refractivity contribution in [3.05, 3.63) is 21.4 Å². The molecule has 1 fully saturated rings. The summed E-state index contributed by atoms with van der Waals surface area (Å²) in [7, 11) is 0. The van der Waals surface area contributed by atoms with Crippen LogP contribution < -0.4 is 10.6 Å². The lowest BCUT2D eigenvalue weighted by Crippen LogP contribution is -2.46. The smallest absolute Gasteiger partial charge is 0.261 e. The molecular formula is C13H21N3OS. The first-order chi connectivity index (χ1) is 8.66. The lowest BCUT2D eigenvalue weighted by molar-refractivity contribution is 0.0951. The SMILES string of the molecule is Cc1cc(C(=O)NCCN2CCNCC2)sc1C. The van der Waals surface area contributed by atoms with Gasteiger partial charge >= 0.3 is 0 Å². The minimum Gasteiger partial charge on any atom is -0.350 e. The number of aryl methyl sites for hydroxylation is 2. The van der Waals surface area contributed by atoms with E-state index in [9.17, 15) is 4.79 Å². The summed E-state index contributed by atoms with van der Waals surface area (Å²) in [4.78, 5) is 16.3. The van der Waals surface area contributed by atoms with Crippen LogP contribution in [0.3, 0.4) is 0 Å². The number of thiophene rings is 1. The topological polar surface area (TPSA) is 44.4 Å². The molecule has 0 unspecified atom stereocenters. The molecule has 0 saturated carbocycles. The Morgan fingerprint density at radius 3 is 2.78 bits per heavy atom. The molecule has 2 N–H and O–H groups in total. The molecule has 0 atom stereocenters. The normalized spacial score (nSPS) is 16.8. The van der Waals surface area contributed by atoms with Crippen LogP contribution in [0.15, 0.2) is 6.07 Å². The zero-order chi connectivity index (χ0) is 13.0. The van der Waals surface area contributed by atoms with E-state index in [0.717, 1.165) is 44.1 Å². The minimum atomic E-state index is 0.0614. The zero-order valence-corrected chi connectivity index (χ0v) is 11.9. The monoisotopic (exact) mass is 267 g/mol.